The highest BCUT2D eigenvalue weighted by atomic mass is 35.5. The smallest absolute Gasteiger partial charge is 0.259 e. The molecular weight excluding hydrogens is 491 g/mol. The van der Waals surface area contributed by atoms with Crippen LogP contribution >= 0.6 is 11.6 Å². The Morgan fingerprint density at radius 3 is 2.62 bits per heavy atom. The summed E-state index contributed by atoms with van der Waals surface area (Å²) in [4.78, 5) is 39.6. The minimum Gasteiger partial charge on any atom is -0.322 e. The molecule has 0 aromatic heterocycles. The van der Waals surface area contributed by atoms with E-state index in [1.807, 2.05) is 24.3 Å². The molecule has 0 radical (unpaired) electrons. The van der Waals surface area contributed by atoms with Gasteiger partial charge in [0.05, 0.1) is 10.6 Å². The van der Waals surface area contributed by atoms with Crippen LogP contribution in [0.2, 0.25) is 5.02 Å². The maximum Gasteiger partial charge on any atom is 0.259 e. The van der Waals surface area contributed by atoms with E-state index < -0.39 is 11.7 Å². The van der Waals surface area contributed by atoms with Gasteiger partial charge in [0.2, 0.25) is 0 Å². The largest absolute Gasteiger partial charge is 0.322 e. The third kappa shape index (κ3) is 4.94. The van der Waals surface area contributed by atoms with Crippen molar-refractivity contribution in [1.29, 1.82) is 0 Å². The molecule has 0 fully saturated rings. The zero-order chi connectivity index (χ0) is 26.2. The van der Waals surface area contributed by atoms with Crippen LogP contribution in [0.3, 0.4) is 0 Å². The van der Waals surface area contributed by atoms with Crippen molar-refractivity contribution in [3.8, 4) is 0 Å². The van der Waals surface area contributed by atoms with Crippen molar-refractivity contribution in [3.05, 3.63) is 105 Å². The molecule has 1 spiro atoms. The van der Waals surface area contributed by atoms with Gasteiger partial charge in [0.25, 0.3) is 11.8 Å². The molecule has 2 amide bonds. The molecule has 0 bridgehead atoms. The van der Waals surface area contributed by atoms with Crippen molar-refractivity contribution in [1.82, 2.24) is 0 Å². The molecule has 5 rings (SSSR count). The number of para-hydroxylation sites is 1. The Kier molecular flexibility index (Phi) is 6.69. The molecule has 1 heterocycles. The van der Waals surface area contributed by atoms with Crippen LogP contribution in [0.4, 0.5) is 15.8 Å². The monoisotopic (exact) mass is 516 g/mol. The van der Waals surface area contributed by atoms with Crippen LogP contribution in [0.15, 0.2) is 72.3 Å². The maximum absolute atomic E-state index is 13.7. The van der Waals surface area contributed by atoms with Crippen molar-refractivity contribution in [2.75, 3.05) is 16.8 Å². The normalized spacial score (nSPS) is 18.7. The number of nitrogens with one attached hydrogen (secondary N) is 1. The fraction of sp³-hybridized carbons (Fsp3) is 0.233. The molecule has 1 unspecified atom stereocenters. The van der Waals surface area contributed by atoms with E-state index in [4.69, 9.17) is 11.6 Å². The number of halogens is 2. The van der Waals surface area contributed by atoms with Gasteiger partial charge in [-0.25, -0.2) is 4.39 Å². The number of aryl methyl sites for hydroxylation is 1. The predicted octanol–water partition coefficient (Wildman–Crippen LogP) is 6.54. The Hall–Kier alpha value is -3.77. The number of anilines is 2. The molecule has 1 atom stereocenters. The van der Waals surface area contributed by atoms with Gasteiger partial charge >= 0.3 is 0 Å². The molecule has 7 heteroatoms. The summed E-state index contributed by atoms with van der Waals surface area (Å²) in [5.74, 6) is -1.19. The van der Waals surface area contributed by atoms with E-state index in [0.717, 1.165) is 48.8 Å². The van der Waals surface area contributed by atoms with Gasteiger partial charge in [0, 0.05) is 23.5 Å². The molecule has 0 saturated heterocycles. The van der Waals surface area contributed by atoms with Gasteiger partial charge in [-0.1, -0.05) is 41.9 Å². The summed E-state index contributed by atoms with van der Waals surface area (Å²) in [6, 6.07) is 16.6. The van der Waals surface area contributed by atoms with E-state index in [-0.39, 0.29) is 21.9 Å². The van der Waals surface area contributed by atoms with Gasteiger partial charge < -0.3 is 10.2 Å². The van der Waals surface area contributed by atoms with Crippen molar-refractivity contribution in [3.63, 3.8) is 0 Å². The average molecular weight is 517 g/mol. The SMILES string of the molecule is Cc1ccc(F)cc1C(=O)Nc1ccc(C(=O)N2CCC3(C=C(C=O)CC3)Cc3ccccc32)c(Cl)c1. The minimum absolute atomic E-state index is 0.144. The first-order valence-corrected chi connectivity index (χ1v) is 12.6. The Morgan fingerprint density at radius 1 is 1.05 bits per heavy atom. The van der Waals surface area contributed by atoms with E-state index in [0.29, 0.717) is 23.4 Å². The van der Waals surface area contributed by atoms with Gasteiger partial charge in [0.15, 0.2) is 0 Å². The zero-order valence-corrected chi connectivity index (χ0v) is 21.1. The third-order valence-electron chi connectivity index (χ3n) is 7.36. The summed E-state index contributed by atoms with van der Waals surface area (Å²) in [6.45, 7) is 2.22. The summed E-state index contributed by atoms with van der Waals surface area (Å²) in [6.07, 6.45) is 6.18. The van der Waals surface area contributed by atoms with E-state index in [1.165, 1.54) is 18.2 Å². The number of rotatable bonds is 4. The lowest BCUT2D eigenvalue weighted by molar-refractivity contribution is -0.105. The summed E-state index contributed by atoms with van der Waals surface area (Å²) in [7, 11) is 0. The summed E-state index contributed by atoms with van der Waals surface area (Å²) >= 11 is 6.55. The number of fused-ring (bicyclic) bond motifs is 1. The van der Waals surface area contributed by atoms with Crippen molar-refractivity contribution < 1.29 is 18.8 Å². The Bertz CT molecular complexity index is 1450. The molecule has 3 aromatic carbocycles. The number of aldehydes is 1. The van der Waals surface area contributed by atoms with Crippen LogP contribution < -0.4 is 10.2 Å². The number of carbonyl (C=O) groups excluding carboxylic acids is 3. The van der Waals surface area contributed by atoms with E-state index in [1.54, 1.807) is 30.0 Å². The number of allylic oxidation sites excluding steroid dienone is 2. The highest BCUT2D eigenvalue weighted by Gasteiger charge is 2.38. The summed E-state index contributed by atoms with van der Waals surface area (Å²) in [5, 5.41) is 2.94. The molecule has 5 nitrogen and oxygen atoms in total. The second-order valence-electron chi connectivity index (χ2n) is 9.82. The second-order valence-corrected chi connectivity index (χ2v) is 10.2. The number of hydrogen-bond acceptors (Lipinski definition) is 3. The first-order chi connectivity index (χ1) is 17.8. The predicted molar refractivity (Wildman–Crippen MR) is 143 cm³/mol. The Morgan fingerprint density at radius 2 is 1.86 bits per heavy atom. The zero-order valence-electron chi connectivity index (χ0n) is 20.4. The molecule has 37 heavy (non-hydrogen) atoms. The molecule has 0 saturated carbocycles. The van der Waals surface area contributed by atoms with Crippen molar-refractivity contribution in [2.24, 2.45) is 5.41 Å². The Balaban J connectivity index is 1.40. The topological polar surface area (TPSA) is 66.5 Å². The second kappa shape index (κ2) is 9.94. The van der Waals surface area contributed by atoms with Gasteiger partial charge in [-0.05, 0) is 91.1 Å². The fourth-order valence-corrected chi connectivity index (χ4v) is 5.63. The van der Waals surface area contributed by atoms with Gasteiger partial charge in [-0.3, -0.25) is 14.4 Å². The molecule has 2 aliphatic rings. The van der Waals surface area contributed by atoms with E-state index >= 15 is 0 Å². The highest BCUT2D eigenvalue weighted by molar-refractivity contribution is 6.35. The van der Waals surface area contributed by atoms with Gasteiger partial charge in [0.1, 0.15) is 12.1 Å². The van der Waals surface area contributed by atoms with E-state index in [2.05, 4.69) is 11.4 Å². The van der Waals surface area contributed by atoms with Gasteiger partial charge in [-0.15, -0.1) is 0 Å². The number of hydrogen-bond donors (Lipinski definition) is 1. The highest BCUT2D eigenvalue weighted by Crippen LogP contribution is 2.45. The molecular formula is C30H26ClFN2O3. The first kappa shape index (κ1) is 24.9. The summed E-state index contributed by atoms with van der Waals surface area (Å²) < 4.78 is 13.6. The van der Waals surface area contributed by atoms with E-state index in [9.17, 15) is 18.8 Å². The standard InChI is InChI=1S/C30H26ClFN2O3/c1-19-6-7-22(32)14-25(19)28(36)33-23-8-9-24(26(31)15-23)29(37)34-13-12-30(11-10-20(16-30)18-35)17-21-4-2-3-5-27(21)34/h2-9,14-16,18H,10-13,17H2,1H3,(H,33,36). The van der Waals surface area contributed by atoms with Crippen LogP contribution in [0.25, 0.3) is 0 Å². The molecule has 188 valence electrons. The quantitative estimate of drug-likeness (QED) is 0.400. The number of carbonyl (C=O) groups is 3. The molecule has 1 aliphatic heterocycles. The number of nitrogens with zero attached hydrogens (tertiary/aromatic N) is 1. The van der Waals surface area contributed by atoms with Crippen molar-refractivity contribution in [2.45, 2.75) is 32.6 Å². The first-order valence-electron chi connectivity index (χ1n) is 12.2. The summed E-state index contributed by atoms with van der Waals surface area (Å²) in [5.41, 5.74) is 4.18. The van der Waals surface area contributed by atoms with Crippen LogP contribution in [0, 0.1) is 18.2 Å². The Labute approximate surface area is 219 Å². The van der Waals surface area contributed by atoms with Crippen molar-refractivity contribution >= 4 is 41.1 Å². The molecule has 1 aliphatic carbocycles. The number of amides is 2. The average Bonchev–Trinajstić information content (AvgIpc) is 3.21. The lowest BCUT2D eigenvalue weighted by atomic mass is 9.79. The van der Waals surface area contributed by atoms with Crippen LogP contribution in [-0.2, 0) is 11.2 Å². The van der Waals surface area contributed by atoms with Crippen LogP contribution in [0.1, 0.15) is 51.1 Å². The van der Waals surface area contributed by atoms with Crippen LogP contribution in [-0.4, -0.2) is 24.6 Å². The lowest BCUT2D eigenvalue weighted by Gasteiger charge is -2.26. The molecule has 3 aromatic rings. The fourth-order valence-electron chi connectivity index (χ4n) is 5.37. The number of benzene rings is 3. The molecule has 1 N–H and O–H groups in total. The maximum atomic E-state index is 13.7. The van der Waals surface area contributed by atoms with Crippen LogP contribution in [0.5, 0.6) is 0 Å². The minimum atomic E-state index is -0.496. The van der Waals surface area contributed by atoms with Gasteiger partial charge in [-0.2, -0.15) is 0 Å². The lowest BCUT2D eigenvalue weighted by Crippen LogP contribution is -2.33. The third-order valence-corrected chi connectivity index (χ3v) is 7.67.